The van der Waals surface area contributed by atoms with Crippen LogP contribution in [0.2, 0.25) is 0 Å². The van der Waals surface area contributed by atoms with E-state index in [0.717, 1.165) is 36.8 Å². The number of Topliss-reactive ketones (excluding diaryl/α,β-unsaturated/α-hetero) is 1. The minimum Gasteiger partial charge on any atom is -0.490 e. The molecule has 188 valence electrons. The van der Waals surface area contributed by atoms with Crippen LogP contribution in [0, 0.1) is 11.8 Å². The number of piperidine rings is 1. The van der Waals surface area contributed by atoms with Crippen LogP contribution in [0.5, 0.6) is 5.75 Å². The minimum atomic E-state index is -0.598. The lowest BCUT2D eigenvalue weighted by atomic mass is 10.1. The first kappa shape index (κ1) is 23.9. The van der Waals surface area contributed by atoms with Crippen LogP contribution in [0.4, 0.5) is 5.95 Å². The van der Waals surface area contributed by atoms with E-state index in [9.17, 15) is 14.4 Å². The number of hydrogen-bond donors (Lipinski definition) is 1. The molecule has 0 radical (unpaired) electrons. The first-order valence-corrected chi connectivity index (χ1v) is 12.3. The maximum atomic E-state index is 13.7. The fourth-order valence-electron chi connectivity index (χ4n) is 4.60. The zero-order valence-corrected chi connectivity index (χ0v) is 20.6. The van der Waals surface area contributed by atoms with Crippen molar-refractivity contribution in [2.24, 2.45) is 12.8 Å². The van der Waals surface area contributed by atoms with Gasteiger partial charge in [0.1, 0.15) is 5.75 Å². The Hall–Kier alpha value is -3.84. The quantitative estimate of drug-likeness (QED) is 0.392. The van der Waals surface area contributed by atoms with Gasteiger partial charge in [-0.15, -0.1) is 5.92 Å². The van der Waals surface area contributed by atoms with Gasteiger partial charge in [-0.3, -0.25) is 23.3 Å². The number of ketones is 1. The summed E-state index contributed by atoms with van der Waals surface area (Å²) >= 11 is 0. The van der Waals surface area contributed by atoms with Crippen molar-refractivity contribution in [3.8, 4) is 17.6 Å². The third-order valence-corrected chi connectivity index (χ3v) is 6.65. The van der Waals surface area contributed by atoms with Crippen LogP contribution >= 0.6 is 0 Å². The number of nitrogens with two attached hydrogens (primary N) is 1. The second kappa shape index (κ2) is 9.66. The van der Waals surface area contributed by atoms with Crippen molar-refractivity contribution in [1.82, 2.24) is 18.7 Å². The molecule has 2 fully saturated rings. The number of fused-ring (bicyclic) bond motifs is 1. The molecule has 0 spiro atoms. The summed E-state index contributed by atoms with van der Waals surface area (Å²) in [5.74, 6) is 6.69. The number of rotatable bonds is 7. The van der Waals surface area contributed by atoms with Crippen LogP contribution < -0.4 is 26.6 Å². The maximum Gasteiger partial charge on any atom is 0.332 e. The van der Waals surface area contributed by atoms with E-state index in [4.69, 9.17) is 10.5 Å². The Bertz CT molecular complexity index is 1500. The van der Waals surface area contributed by atoms with E-state index < -0.39 is 11.2 Å². The predicted molar refractivity (Wildman–Crippen MR) is 137 cm³/mol. The van der Waals surface area contributed by atoms with Crippen LogP contribution in [-0.4, -0.2) is 49.7 Å². The van der Waals surface area contributed by atoms with Crippen LogP contribution in [0.1, 0.15) is 43.0 Å². The molecule has 0 unspecified atom stereocenters. The van der Waals surface area contributed by atoms with Crippen LogP contribution in [-0.2, 0) is 20.1 Å². The molecule has 2 aromatic heterocycles. The van der Waals surface area contributed by atoms with E-state index in [1.165, 1.54) is 4.57 Å². The van der Waals surface area contributed by atoms with Gasteiger partial charge in [-0.25, -0.2) is 4.79 Å². The van der Waals surface area contributed by atoms with Gasteiger partial charge in [-0.1, -0.05) is 18.1 Å². The van der Waals surface area contributed by atoms with Gasteiger partial charge in [0.15, 0.2) is 16.9 Å². The Balaban J connectivity index is 1.57. The van der Waals surface area contributed by atoms with Gasteiger partial charge in [-0.2, -0.15) is 4.98 Å². The van der Waals surface area contributed by atoms with E-state index in [1.54, 1.807) is 42.8 Å². The number of carbonyl (C=O) groups excluding carboxylic acids is 1. The summed E-state index contributed by atoms with van der Waals surface area (Å²) < 4.78 is 9.81. The van der Waals surface area contributed by atoms with E-state index in [1.807, 2.05) is 4.90 Å². The van der Waals surface area contributed by atoms with Gasteiger partial charge >= 0.3 is 5.69 Å². The van der Waals surface area contributed by atoms with Crippen molar-refractivity contribution >= 4 is 22.9 Å². The highest BCUT2D eigenvalue weighted by atomic mass is 16.5. The minimum absolute atomic E-state index is 0.00188. The summed E-state index contributed by atoms with van der Waals surface area (Å²) in [7, 11) is 1.56. The second-order valence-electron chi connectivity index (χ2n) is 9.45. The lowest BCUT2D eigenvalue weighted by Crippen LogP contribution is -2.44. The summed E-state index contributed by atoms with van der Waals surface area (Å²) in [6, 6.07) is 6.86. The molecule has 3 heterocycles. The molecule has 0 amide bonds. The van der Waals surface area contributed by atoms with Gasteiger partial charge in [0.2, 0.25) is 5.95 Å². The second-order valence-corrected chi connectivity index (χ2v) is 9.45. The van der Waals surface area contributed by atoms with Gasteiger partial charge in [0, 0.05) is 31.7 Å². The standard InChI is InChI=1S/C26H30N6O4/c1-3-4-13-31-22-23(28-25(31)30-12-6-8-18(27)15-30)29(2)26(35)32(24(22)34)16-21(33)17-7-5-9-20(14-17)36-19-10-11-19/h5,7,9,14,18-19H,6,8,10-13,15-16,27H2,1-2H3/t18-/m1/s1. The van der Waals surface area contributed by atoms with Crippen LogP contribution in [0.3, 0.4) is 0 Å². The number of ether oxygens (including phenoxy) is 1. The normalized spacial score (nSPS) is 17.6. The summed E-state index contributed by atoms with van der Waals surface area (Å²) in [6.45, 7) is 2.92. The smallest absolute Gasteiger partial charge is 0.332 e. The molecule has 1 saturated carbocycles. The summed E-state index contributed by atoms with van der Waals surface area (Å²) in [5, 5.41) is 0. The van der Waals surface area contributed by atoms with E-state index in [-0.39, 0.29) is 42.2 Å². The Morgan fingerprint density at radius 2 is 2.03 bits per heavy atom. The van der Waals surface area contributed by atoms with Crippen molar-refractivity contribution in [3.63, 3.8) is 0 Å². The highest BCUT2D eigenvalue weighted by Gasteiger charge is 2.27. The van der Waals surface area contributed by atoms with Gasteiger partial charge in [0.25, 0.3) is 5.56 Å². The lowest BCUT2D eigenvalue weighted by Gasteiger charge is -2.31. The first-order valence-electron chi connectivity index (χ1n) is 12.3. The summed E-state index contributed by atoms with van der Waals surface area (Å²) in [6.07, 6.45) is 4.04. The molecule has 2 N–H and O–H groups in total. The Labute approximate surface area is 208 Å². The predicted octanol–water partition coefficient (Wildman–Crippen LogP) is 1.27. The Morgan fingerprint density at radius 1 is 1.22 bits per heavy atom. The van der Waals surface area contributed by atoms with Crippen molar-refractivity contribution in [2.75, 3.05) is 18.0 Å². The molecule has 2 aliphatic rings. The van der Waals surface area contributed by atoms with Crippen molar-refractivity contribution < 1.29 is 9.53 Å². The van der Waals surface area contributed by atoms with Crippen LogP contribution in [0.15, 0.2) is 33.9 Å². The third kappa shape index (κ3) is 4.54. The fourth-order valence-corrected chi connectivity index (χ4v) is 4.60. The van der Waals surface area contributed by atoms with Gasteiger partial charge < -0.3 is 15.4 Å². The van der Waals surface area contributed by atoms with Crippen molar-refractivity contribution in [1.29, 1.82) is 0 Å². The fraction of sp³-hybridized carbons (Fsp3) is 0.462. The maximum absolute atomic E-state index is 13.7. The summed E-state index contributed by atoms with van der Waals surface area (Å²) in [5.41, 5.74) is 5.92. The number of carbonyl (C=O) groups is 1. The van der Waals surface area contributed by atoms with Crippen molar-refractivity contribution in [3.05, 3.63) is 50.7 Å². The molecular formula is C26H30N6O4. The number of aromatic nitrogens is 4. The molecule has 36 heavy (non-hydrogen) atoms. The number of nitrogens with zero attached hydrogens (tertiary/aromatic N) is 5. The molecule has 1 atom stereocenters. The Kier molecular flexibility index (Phi) is 6.41. The van der Waals surface area contributed by atoms with Crippen LogP contribution in [0.25, 0.3) is 11.2 Å². The average molecular weight is 491 g/mol. The molecule has 1 aliphatic heterocycles. The average Bonchev–Trinajstić information content (AvgIpc) is 3.60. The Morgan fingerprint density at radius 3 is 2.75 bits per heavy atom. The largest absolute Gasteiger partial charge is 0.490 e. The molecule has 10 nitrogen and oxygen atoms in total. The number of anilines is 1. The monoisotopic (exact) mass is 490 g/mol. The highest BCUT2D eigenvalue weighted by Crippen LogP contribution is 2.27. The molecule has 0 bridgehead atoms. The summed E-state index contributed by atoms with van der Waals surface area (Å²) in [4.78, 5) is 46.7. The van der Waals surface area contributed by atoms with Crippen molar-refractivity contribution in [2.45, 2.75) is 57.8 Å². The van der Waals surface area contributed by atoms with E-state index in [0.29, 0.717) is 23.8 Å². The third-order valence-electron chi connectivity index (χ3n) is 6.65. The topological polar surface area (TPSA) is 117 Å². The number of aryl methyl sites for hydroxylation is 1. The lowest BCUT2D eigenvalue weighted by molar-refractivity contribution is 0.0968. The molecule has 3 aromatic rings. The van der Waals surface area contributed by atoms with E-state index >= 15 is 0 Å². The number of hydrogen-bond acceptors (Lipinski definition) is 7. The number of benzene rings is 1. The molecule has 10 heteroatoms. The van der Waals surface area contributed by atoms with Gasteiger partial charge in [0.05, 0.1) is 19.2 Å². The zero-order valence-electron chi connectivity index (χ0n) is 20.6. The highest BCUT2D eigenvalue weighted by molar-refractivity contribution is 5.96. The zero-order chi connectivity index (χ0) is 25.4. The van der Waals surface area contributed by atoms with E-state index in [2.05, 4.69) is 16.8 Å². The SMILES string of the molecule is CC#CCn1c(N2CCC[C@@H](N)C2)nc2c1c(=O)n(CC(=O)c1cccc(OC3CC3)c1)c(=O)n2C. The molecular weight excluding hydrogens is 460 g/mol. The molecule has 1 saturated heterocycles. The van der Waals surface area contributed by atoms with Gasteiger partial charge in [-0.05, 0) is 44.7 Å². The first-order chi connectivity index (χ1) is 17.4. The molecule has 1 aromatic carbocycles. The number of imidazole rings is 1. The molecule has 5 rings (SSSR count). The molecule has 1 aliphatic carbocycles.